The first-order valence-corrected chi connectivity index (χ1v) is 12.5. The van der Waals surface area contributed by atoms with Crippen LogP contribution in [0.5, 0.6) is 5.88 Å². The molecule has 8 heteroatoms. The molecule has 4 nitrogen and oxygen atoms in total. The summed E-state index contributed by atoms with van der Waals surface area (Å²) in [6.07, 6.45) is -1.65. The van der Waals surface area contributed by atoms with Gasteiger partial charge in [-0.3, -0.25) is 0 Å². The molecule has 1 atom stereocenters. The molecule has 3 aromatic rings. The summed E-state index contributed by atoms with van der Waals surface area (Å²) in [5.74, 6) is -0.250. The van der Waals surface area contributed by atoms with Crippen molar-refractivity contribution in [2.24, 2.45) is 0 Å². The number of ether oxygens (including phenoxy) is 2. The zero-order valence-corrected chi connectivity index (χ0v) is 21.6. The Morgan fingerprint density at radius 3 is 2.51 bits per heavy atom. The minimum absolute atomic E-state index is 0.166. The van der Waals surface area contributed by atoms with Gasteiger partial charge in [-0.2, -0.15) is 0 Å². The van der Waals surface area contributed by atoms with E-state index in [-0.39, 0.29) is 19.1 Å². The maximum atomic E-state index is 13.6. The van der Waals surface area contributed by atoms with Crippen molar-refractivity contribution in [3.63, 3.8) is 0 Å². The molecule has 1 unspecified atom stereocenters. The van der Waals surface area contributed by atoms with Crippen LogP contribution in [0, 0.1) is 0 Å². The van der Waals surface area contributed by atoms with E-state index in [0.717, 1.165) is 45.3 Å². The second-order valence-electron chi connectivity index (χ2n) is 8.22. The van der Waals surface area contributed by atoms with Gasteiger partial charge in [-0.25, -0.2) is 0 Å². The van der Waals surface area contributed by atoms with Crippen LogP contribution in [0.1, 0.15) is 58.8 Å². The van der Waals surface area contributed by atoms with Gasteiger partial charge in [-0.1, -0.05) is 6.07 Å². The molecule has 1 aliphatic carbocycles. The molecule has 1 aliphatic rings. The zero-order chi connectivity index (χ0) is 25.0. The third-order valence-electron chi connectivity index (χ3n) is 5.75. The van der Waals surface area contributed by atoms with E-state index in [4.69, 9.17) is 9.47 Å². The fraction of sp³-hybridized carbons (Fsp3) is 0.259. The summed E-state index contributed by atoms with van der Waals surface area (Å²) < 4.78 is 52.7. The Hall–Kier alpha value is -3.05. The monoisotopic (exact) mass is 543 g/mol. The molecule has 4 rings (SSSR count). The third kappa shape index (κ3) is 5.96. The molecule has 0 fully saturated rings. The fourth-order valence-corrected chi connectivity index (χ4v) is 4.94. The van der Waals surface area contributed by atoms with E-state index < -0.39 is 17.7 Å². The predicted molar refractivity (Wildman–Crippen MR) is 131 cm³/mol. The average molecular weight is 543 g/mol. The molecule has 0 spiro atoms. The second-order valence-corrected chi connectivity index (χ2v) is 9.62. The van der Waals surface area contributed by atoms with Crippen LogP contribution >= 0.6 is 0 Å². The number of rotatable bonds is 7. The topological polar surface area (TPSA) is 48.4 Å². The molecule has 0 saturated carbocycles. The average Bonchev–Trinajstić information content (AvgIpc) is 3.32. The molecule has 182 valence electrons. The summed E-state index contributed by atoms with van der Waals surface area (Å²) in [7, 11) is 0. The molecule has 1 aromatic heterocycles. The van der Waals surface area contributed by atoms with Crippen molar-refractivity contribution < 1.29 is 27.4 Å². The van der Waals surface area contributed by atoms with Gasteiger partial charge >= 0.3 is 205 Å². The van der Waals surface area contributed by atoms with Crippen molar-refractivity contribution in [2.45, 2.75) is 39.0 Å². The molecule has 0 radical (unpaired) electrons. The van der Waals surface area contributed by atoms with Crippen LogP contribution in [0.25, 0.3) is 11.1 Å². The molecule has 0 amide bonds. The first-order valence-electron chi connectivity index (χ1n) is 11.3. The van der Waals surface area contributed by atoms with Gasteiger partial charge in [-0.05, 0) is 0 Å². The van der Waals surface area contributed by atoms with Crippen molar-refractivity contribution in [2.75, 3.05) is 6.61 Å². The van der Waals surface area contributed by atoms with Crippen LogP contribution in [-0.2, 0) is 17.5 Å². The number of aromatic nitrogens is 1. The standard InChI is InChI=1S/C27H25AsF3NO3/c1-2-34-26(33)19-11-18(12-21(28)13-19)22-9-6-10-23(22)24-14-20(27(29,30)31)15-32-25(24)35-16-17-7-4-3-5-8-17/h3-5,7-8,11-15H,2,6,9-10,16,28H2,1H3. The zero-order valence-electron chi connectivity index (χ0n) is 19.2. The van der Waals surface area contributed by atoms with E-state index in [2.05, 4.69) is 4.98 Å². The van der Waals surface area contributed by atoms with Gasteiger partial charge in [-0.15, -0.1) is 0 Å². The van der Waals surface area contributed by atoms with Crippen molar-refractivity contribution in [1.29, 1.82) is 0 Å². The second kappa shape index (κ2) is 10.7. The summed E-state index contributed by atoms with van der Waals surface area (Å²) in [6, 6.07) is 16.0. The first kappa shape index (κ1) is 25.1. The van der Waals surface area contributed by atoms with Crippen LogP contribution in [0.3, 0.4) is 0 Å². The third-order valence-corrected chi connectivity index (χ3v) is 6.45. The predicted octanol–water partition coefficient (Wildman–Crippen LogP) is 5.21. The number of carbonyl (C=O) groups excluding carboxylic acids is 1. The summed E-state index contributed by atoms with van der Waals surface area (Å²) in [5.41, 5.74) is 3.33. The number of nitrogens with zero attached hydrogens (tertiary/aromatic N) is 1. The first-order chi connectivity index (χ1) is 16.8. The van der Waals surface area contributed by atoms with Gasteiger partial charge in [0.2, 0.25) is 0 Å². The number of carbonyl (C=O) groups is 1. The van der Waals surface area contributed by atoms with Crippen LogP contribution in [0.2, 0.25) is 0 Å². The van der Waals surface area contributed by atoms with E-state index >= 15 is 0 Å². The molecule has 35 heavy (non-hydrogen) atoms. The number of benzene rings is 2. The Balaban J connectivity index is 1.79. The normalized spacial score (nSPS) is 13.7. The minimum atomic E-state index is -4.53. The van der Waals surface area contributed by atoms with Gasteiger partial charge in [0.1, 0.15) is 0 Å². The van der Waals surface area contributed by atoms with E-state index in [9.17, 15) is 18.0 Å². The quantitative estimate of drug-likeness (QED) is 0.304. The molecule has 2 aromatic carbocycles. The van der Waals surface area contributed by atoms with Gasteiger partial charge in [0, 0.05) is 0 Å². The number of pyridine rings is 1. The number of hydrogen-bond acceptors (Lipinski definition) is 4. The Morgan fingerprint density at radius 1 is 1.06 bits per heavy atom. The Bertz CT molecular complexity index is 1260. The number of allylic oxidation sites excluding steroid dienone is 2. The molecule has 0 saturated heterocycles. The van der Waals surface area contributed by atoms with Crippen LogP contribution < -0.4 is 9.09 Å². The fourth-order valence-electron chi connectivity index (χ4n) is 4.18. The molecule has 0 N–H and O–H groups in total. The molecular formula is C27H25AsF3NO3. The Labute approximate surface area is 210 Å². The van der Waals surface area contributed by atoms with Crippen molar-refractivity contribution >= 4 is 38.3 Å². The SMILES string of the molecule is CCOC(=O)c1cc([AsH2])cc(C2=C(c3cc(C(F)(F)F)cnc3OCc3ccccc3)CCC2)c1. The van der Waals surface area contributed by atoms with Gasteiger partial charge in [0.15, 0.2) is 0 Å². The summed E-state index contributed by atoms with van der Waals surface area (Å²) >= 11 is 1.35. The molecular weight excluding hydrogens is 518 g/mol. The number of esters is 1. The van der Waals surface area contributed by atoms with Crippen LogP contribution in [0.15, 0.2) is 60.8 Å². The van der Waals surface area contributed by atoms with Gasteiger partial charge in [0.05, 0.1) is 0 Å². The summed E-state index contributed by atoms with van der Waals surface area (Å²) in [6.45, 7) is 2.20. The van der Waals surface area contributed by atoms with Gasteiger partial charge in [0.25, 0.3) is 0 Å². The molecule has 0 bridgehead atoms. The molecule has 1 heterocycles. The number of halogens is 3. The Morgan fingerprint density at radius 2 is 1.80 bits per heavy atom. The molecule has 0 aliphatic heterocycles. The van der Waals surface area contributed by atoms with Crippen molar-refractivity contribution in [3.05, 3.63) is 88.6 Å². The van der Waals surface area contributed by atoms with Crippen molar-refractivity contribution in [3.8, 4) is 5.88 Å². The number of hydrogen-bond donors (Lipinski definition) is 0. The maximum absolute atomic E-state index is 13.6. The van der Waals surface area contributed by atoms with E-state index in [0.29, 0.717) is 24.0 Å². The Kier molecular flexibility index (Phi) is 7.65. The summed E-state index contributed by atoms with van der Waals surface area (Å²) in [4.78, 5) is 16.4. The van der Waals surface area contributed by atoms with Gasteiger partial charge < -0.3 is 0 Å². The van der Waals surface area contributed by atoms with Crippen molar-refractivity contribution in [1.82, 2.24) is 4.98 Å². The van der Waals surface area contributed by atoms with E-state index in [1.54, 1.807) is 19.1 Å². The number of alkyl halides is 3. The van der Waals surface area contributed by atoms with E-state index in [1.165, 1.54) is 16.9 Å². The summed E-state index contributed by atoms with van der Waals surface area (Å²) in [5, 5.41) is 0. The van der Waals surface area contributed by atoms with Crippen LogP contribution in [-0.4, -0.2) is 34.4 Å². The van der Waals surface area contributed by atoms with E-state index in [1.807, 2.05) is 36.4 Å². The van der Waals surface area contributed by atoms with Crippen LogP contribution in [0.4, 0.5) is 13.2 Å².